The van der Waals surface area contributed by atoms with Crippen LogP contribution in [0, 0.1) is 5.82 Å². The maximum absolute atomic E-state index is 12.9. The quantitative estimate of drug-likeness (QED) is 0.829. The molecule has 2 aromatic carbocycles. The van der Waals surface area contributed by atoms with Crippen molar-refractivity contribution in [1.29, 1.82) is 0 Å². The number of carbonyl (C=O) groups excluding carboxylic acids is 1. The number of halogens is 1. The molecule has 0 aliphatic carbocycles. The van der Waals surface area contributed by atoms with Crippen molar-refractivity contribution >= 4 is 17.2 Å². The van der Waals surface area contributed by atoms with E-state index in [1.54, 1.807) is 24.3 Å². The van der Waals surface area contributed by atoms with E-state index in [2.05, 4.69) is 6.58 Å². The highest BCUT2D eigenvalue weighted by Gasteiger charge is 2.12. The number of benzene rings is 2. The lowest BCUT2D eigenvalue weighted by molar-refractivity contribution is 0.1000. The van der Waals surface area contributed by atoms with Gasteiger partial charge in [-0.3, -0.25) is 4.79 Å². The Hall–Kier alpha value is -2.62. The van der Waals surface area contributed by atoms with Crippen LogP contribution in [0.4, 0.5) is 10.1 Å². The van der Waals surface area contributed by atoms with E-state index in [9.17, 15) is 9.18 Å². The zero-order chi connectivity index (χ0) is 14.0. The fraction of sp³-hybridized carbons (Fsp3) is 0. The number of hydrogen-bond donors (Lipinski definition) is 2. The second kappa shape index (κ2) is 4.94. The number of rotatable bonds is 3. The Bertz CT molecular complexity index is 648. The van der Waals surface area contributed by atoms with Gasteiger partial charge in [-0.1, -0.05) is 24.8 Å². The van der Waals surface area contributed by atoms with Crippen molar-refractivity contribution in [2.45, 2.75) is 0 Å². The van der Waals surface area contributed by atoms with Gasteiger partial charge in [-0.05, 0) is 41.0 Å². The predicted octanol–water partition coefficient (Wildman–Crippen LogP) is 2.57. The van der Waals surface area contributed by atoms with Gasteiger partial charge in [0.05, 0.1) is 0 Å². The van der Waals surface area contributed by atoms with Crippen LogP contribution in [0.1, 0.15) is 21.5 Å². The average Bonchev–Trinajstić information content (AvgIpc) is 2.38. The second-order valence-corrected chi connectivity index (χ2v) is 4.15. The van der Waals surface area contributed by atoms with Crippen LogP contribution in [-0.2, 0) is 0 Å². The highest BCUT2D eigenvalue weighted by Crippen LogP contribution is 2.26. The van der Waals surface area contributed by atoms with Crippen LogP contribution in [0.2, 0.25) is 0 Å². The van der Waals surface area contributed by atoms with Crippen molar-refractivity contribution in [3.63, 3.8) is 0 Å². The molecule has 4 heteroatoms. The molecule has 0 spiro atoms. The molecule has 3 nitrogen and oxygen atoms in total. The van der Waals surface area contributed by atoms with E-state index in [-0.39, 0.29) is 5.82 Å². The van der Waals surface area contributed by atoms with Crippen LogP contribution in [0.15, 0.2) is 49.0 Å². The fourth-order valence-corrected chi connectivity index (χ4v) is 1.84. The van der Waals surface area contributed by atoms with E-state index >= 15 is 0 Å². The second-order valence-electron chi connectivity index (χ2n) is 4.15. The Balaban J connectivity index is 2.49. The molecule has 0 unspecified atom stereocenters. The van der Waals surface area contributed by atoms with Crippen LogP contribution < -0.4 is 11.5 Å². The zero-order valence-corrected chi connectivity index (χ0v) is 10.2. The Labute approximate surface area is 110 Å². The maximum Gasteiger partial charge on any atom is 0.249 e. The normalized spacial score (nSPS) is 10.2. The molecule has 96 valence electrons. The van der Waals surface area contributed by atoms with Crippen molar-refractivity contribution in [3.8, 4) is 0 Å². The monoisotopic (exact) mass is 256 g/mol. The minimum Gasteiger partial charge on any atom is -0.399 e. The summed E-state index contributed by atoms with van der Waals surface area (Å²) in [6.07, 6.45) is 0. The van der Waals surface area contributed by atoms with Gasteiger partial charge in [0.15, 0.2) is 0 Å². The van der Waals surface area contributed by atoms with Crippen molar-refractivity contribution < 1.29 is 9.18 Å². The molecule has 0 radical (unpaired) electrons. The summed E-state index contributed by atoms with van der Waals surface area (Å²) >= 11 is 0. The molecule has 0 aromatic heterocycles. The zero-order valence-electron chi connectivity index (χ0n) is 10.2. The molecule has 0 aliphatic heterocycles. The van der Waals surface area contributed by atoms with Crippen molar-refractivity contribution in [1.82, 2.24) is 0 Å². The standard InChI is InChI=1S/C15H13FN2O/c1-9(10-2-4-11(16)5-3-10)13-7-6-12(17)8-14(13)15(18)19/h2-8H,1,17H2,(H2,18,19). The van der Waals surface area contributed by atoms with Gasteiger partial charge >= 0.3 is 0 Å². The lowest BCUT2D eigenvalue weighted by atomic mass is 9.94. The lowest BCUT2D eigenvalue weighted by Gasteiger charge is -2.11. The van der Waals surface area contributed by atoms with Crippen LogP contribution >= 0.6 is 0 Å². The Morgan fingerprint density at radius 2 is 1.68 bits per heavy atom. The van der Waals surface area contributed by atoms with Gasteiger partial charge in [-0.15, -0.1) is 0 Å². The van der Waals surface area contributed by atoms with E-state index in [0.29, 0.717) is 28.0 Å². The van der Waals surface area contributed by atoms with Crippen molar-refractivity contribution in [2.24, 2.45) is 5.73 Å². The molecule has 1 amide bonds. The van der Waals surface area contributed by atoms with Gasteiger partial charge in [0.2, 0.25) is 5.91 Å². The van der Waals surface area contributed by atoms with Crippen LogP contribution in [0.3, 0.4) is 0 Å². The first-order chi connectivity index (χ1) is 8.99. The number of nitrogen functional groups attached to an aromatic ring is 1. The number of nitrogens with two attached hydrogens (primary N) is 2. The molecule has 0 saturated carbocycles. The third kappa shape index (κ3) is 2.63. The molecule has 0 atom stereocenters. The van der Waals surface area contributed by atoms with Gasteiger partial charge in [-0.2, -0.15) is 0 Å². The van der Waals surface area contributed by atoms with Gasteiger partial charge in [0.25, 0.3) is 0 Å². The lowest BCUT2D eigenvalue weighted by Crippen LogP contribution is -2.14. The summed E-state index contributed by atoms with van der Waals surface area (Å²) in [5.74, 6) is -0.908. The summed E-state index contributed by atoms with van der Waals surface area (Å²) < 4.78 is 12.9. The minimum absolute atomic E-state index is 0.300. The molecule has 2 aromatic rings. The van der Waals surface area contributed by atoms with Crippen LogP contribution in [-0.4, -0.2) is 5.91 Å². The minimum atomic E-state index is -0.578. The fourth-order valence-electron chi connectivity index (χ4n) is 1.84. The number of hydrogen-bond acceptors (Lipinski definition) is 2. The molecule has 0 heterocycles. The Morgan fingerprint density at radius 3 is 2.26 bits per heavy atom. The summed E-state index contributed by atoms with van der Waals surface area (Å²) in [5, 5.41) is 0. The number of anilines is 1. The van der Waals surface area contributed by atoms with E-state index < -0.39 is 5.91 Å². The molecule has 0 aliphatic rings. The Kier molecular flexibility index (Phi) is 3.33. The number of amides is 1. The van der Waals surface area contributed by atoms with Crippen molar-refractivity contribution in [3.05, 3.63) is 71.6 Å². The molecular weight excluding hydrogens is 243 g/mol. The van der Waals surface area contributed by atoms with Crippen LogP contribution in [0.5, 0.6) is 0 Å². The third-order valence-electron chi connectivity index (χ3n) is 2.83. The van der Waals surface area contributed by atoms with Gasteiger partial charge in [0.1, 0.15) is 5.82 Å². The molecule has 2 rings (SSSR count). The van der Waals surface area contributed by atoms with E-state index in [4.69, 9.17) is 11.5 Å². The number of primary amides is 1. The average molecular weight is 256 g/mol. The van der Waals surface area contributed by atoms with Gasteiger partial charge < -0.3 is 11.5 Å². The van der Waals surface area contributed by atoms with Crippen LogP contribution in [0.25, 0.3) is 5.57 Å². The summed E-state index contributed by atoms with van der Waals surface area (Å²) in [5.41, 5.74) is 13.6. The van der Waals surface area contributed by atoms with Crippen molar-refractivity contribution in [2.75, 3.05) is 5.73 Å². The summed E-state index contributed by atoms with van der Waals surface area (Å²) in [6.45, 7) is 3.93. The maximum atomic E-state index is 12.9. The Morgan fingerprint density at radius 1 is 1.05 bits per heavy atom. The summed E-state index contributed by atoms with van der Waals surface area (Å²) in [7, 11) is 0. The van der Waals surface area contributed by atoms with E-state index in [1.807, 2.05) is 0 Å². The summed E-state index contributed by atoms with van der Waals surface area (Å²) in [6, 6.07) is 10.7. The highest BCUT2D eigenvalue weighted by atomic mass is 19.1. The largest absolute Gasteiger partial charge is 0.399 e. The van der Waals surface area contributed by atoms with E-state index in [1.165, 1.54) is 18.2 Å². The molecule has 0 fully saturated rings. The van der Waals surface area contributed by atoms with Gasteiger partial charge in [0, 0.05) is 11.3 Å². The topological polar surface area (TPSA) is 69.1 Å². The summed E-state index contributed by atoms with van der Waals surface area (Å²) in [4.78, 5) is 11.4. The third-order valence-corrected chi connectivity index (χ3v) is 2.83. The smallest absolute Gasteiger partial charge is 0.249 e. The van der Waals surface area contributed by atoms with E-state index in [0.717, 1.165) is 0 Å². The highest BCUT2D eigenvalue weighted by molar-refractivity contribution is 6.00. The number of carbonyl (C=O) groups is 1. The molecule has 0 bridgehead atoms. The first kappa shape index (κ1) is 12.8. The first-order valence-corrected chi connectivity index (χ1v) is 5.63. The van der Waals surface area contributed by atoms with Gasteiger partial charge in [-0.25, -0.2) is 4.39 Å². The molecule has 19 heavy (non-hydrogen) atoms. The SMILES string of the molecule is C=C(c1ccc(F)cc1)c1ccc(N)cc1C(N)=O. The molecule has 4 N–H and O–H groups in total. The molecular formula is C15H13FN2O. The predicted molar refractivity (Wildman–Crippen MR) is 73.9 cm³/mol. The first-order valence-electron chi connectivity index (χ1n) is 5.63. The molecule has 0 saturated heterocycles.